The van der Waals surface area contributed by atoms with Crippen molar-refractivity contribution in [1.29, 1.82) is 0 Å². The molecule has 3 heterocycles. The quantitative estimate of drug-likeness (QED) is 0.655. The van der Waals surface area contributed by atoms with Crippen molar-refractivity contribution < 1.29 is 9.18 Å². The number of amides is 1. The molecule has 0 N–H and O–H groups in total. The van der Waals surface area contributed by atoms with Gasteiger partial charge in [0.25, 0.3) is 5.91 Å². The van der Waals surface area contributed by atoms with Crippen molar-refractivity contribution in [2.24, 2.45) is 0 Å². The zero-order valence-electron chi connectivity index (χ0n) is 14.2. The van der Waals surface area contributed by atoms with E-state index < -0.39 is 0 Å². The Morgan fingerprint density at radius 3 is 2.80 bits per heavy atom. The number of thiophene rings is 1. The third-order valence-corrected chi connectivity index (χ3v) is 5.91. The number of carbonyl (C=O) groups is 1. The number of fused-ring (bicyclic) bond motifs is 1. The molecular weight excluding hydrogens is 335 g/mol. The zero-order chi connectivity index (χ0) is 17.4. The average Bonchev–Trinajstić information content (AvgIpc) is 3.19. The molecule has 0 bridgehead atoms. The summed E-state index contributed by atoms with van der Waals surface area (Å²) < 4.78 is 16.4. The topological polar surface area (TPSA) is 25.2 Å². The maximum Gasteiger partial charge on any atom is 0.270 e. The predicted molar refractivity (Wildman–Crippen MR) is 99.7 cm³/mol. The fourth-order valence-corrected chi connectivity index (χ4v) is 4.47. The first-order valence-corrected chi connectivity index (χ1v) is 9.63. The molecule has 1 aliphatic rings. The van der Waals surface area contributed by atoms with E-state index in [0.29, 0.717) is 6.54 Å². The summed E-state index contributed by atoms with van der Waals surface area (Å²) >= 11 is 1.65. The molecule has 1 aliphatic heterocycles. The molecular formula is C20H21FN2OS. The van der Waals surface area contributed by atoms with Crippen LogP contribution in [0.5, 0.6) is 0 Å². The van der Waals surface area contributed by atoms with Crippen LogP contribution in [-0.2, 0) is 6.54 Å². The maximum absolute atomic E-state index is 13.2. The van der Waals surface area contributed by atoms with Crippen molar-refractivity contribution in [3.63, 3.8) is 0 Å². The summed E-state index contributed by atoms with van der Waals surface area (Å²) in [5.74, 6) is -0.131. The van der Waals surface area contributed by atoms with Crippen LogP contribution in [0.4, 0.5) is 4.39 Å². The van der Waals surface area contributed by atoms with Crippen molar-refractivity contribution >= 4 is 27.5 Å². The lowest BCUT2D eigenvalue weighted by Crippen LogP contribution is -2.42. The first kappa shape index (κ1) is 16.3. The molecule has 2 aromatic heterocycles. The van der Waals surface area contributed by atoms with Crippen molar-refractivity contribution in [1.82, 2.24) is 9.47 Å². The highest BCUT2D eigenvalue weighted by Gasteiger charge is 2.27. The molecule has 5 heteroatoms. The van der Waals surface area contributed by atoms with E-state index in [1.807, 2.05) is 16.3 Å². The van der Waals surface area contributed by atoms with Gasteiger partial charge in [0, 0.05) is 19.1 Å². The summed E-state index contributed by atoms with van der Waals surface area (Å²) in [5, 5.41) is 2.05. The average molecular weight is 356 g/mol. The van der Waals surface area contributed by atoms with Crippen LogP contribution in [0.1, 0.15) is 42.2 Å². The maximum atomic E-state index is 13.2. The SMILES string of the molecule is CC1CCCCN1C(=O)c1cc2sccc2n1Cc1ccc(F)cc1. The summed E-state index contributed by atoms with van der Waals surface area (Å²) in [4.78, 5) is 15.2. The van der Waals surface area contributed by atoms with E-state index in [9.17, 15) is 9.18 Å². The zero-order valence-corrected chi connectivity index (χ0v) is 15.1. The molecule has 4 rings (SSSR count). The van der Waals surface area contributed by atoms with Gasteiger partial charge in [0.1, 0.15) is 11.5 Å². The normalized spacial score (nSPS) is 18.0. The standard InChI is InChI=1S/C20H21FN2OS/c1-14-4-2-3-10-22(14)20(24)18-12-19-17(9-11-25-19)23(18)13-15-5-7-16(21)8-6-15/h5-9,11-12,14H,2-4,10,13H2,1H3. The highest BCUT2D eigenvalue weighted by atomic mass is 32.1. The number of piperidine rings is 1. The van der Waals surface area contributed by atoms with E-state index in [4.69, 9.17) is 0 Å². The molecule has 1 atom stereocenters. The molecule has 1 amide bonds. The molecule has 1 saturated heterocycles. The van der Waals surface area contributed by atoms with Crippen molar-refractivity contribution in [2.75, 3.05) is 6.54 Å². The fraction of sp³-hybridized carbons (Fsp3) is 0.350. The van der Waals surface area contributed by atoms with E-state index in [1.54, 1.807) is 23.5 Å². The number of hydrogen-bond donors (Lipinski definition) is 0. The number of likely N-dealkylation sites (tertiary alicyclic amines) is 1. The van der Waals surface area contributed by atoms with Crippen molar-refractivity contribution in [3.8, 4) is 0 Å². The Labute approximate surface area is 150 Å². The van der Waals surface area contributed by atoms with Gasteiger partial charge in [-0.25, -0.2) is 4.39 Å². The molecule has 0 spiro atoms. The Morgan fingerprint density at radius 1 is 1.24 bits per heavy atom. The number of carbonyl (C=O) groups excluding carboxylic acids is 1. The van der Waals surface area contributed by atoms with Gasteiger partial charge in [-0.15, -0.1) is 11.3 Å². The third-order valence-electron chi connectivity index (χ3n) is 5.06. The van der Waals surface area contributed by atoms with Gasteiger partial charge in [-0.05, 0) is 61.4 Å². The van der Waals surface area contributed by atoms with Gasteiger partial charge < -0.3 is 9.47 Å². The third kappa shape index (κ3) is 3.09. The van der Waals surface area contributed by atoms with E-state index >= 15 is 0 Å². The molecule has 1 unspecified atom stereocenters. The summed E-state index contributed by atoms with van der Waals surface area (Å²) in [5.41, 5.74) is 2.80. The summed E-state index contributed by atoms with van der Waals surface area (Å²) in [6.45, 7) is 3.53. The largest absolute Gasteiger partial charge is 0.335 e. The van der Waals surface area contributed by atoms with Crippen LogP contribution in [-0.4, -0.2) is 28.0 Å². The second-order valence-corrected chi connectivity index (χ2v) is 7.70. The number of benzene rings is 1. The lowest BCUT2D eigenvalue weighted by atomic mass is 10.0. The number of rotatable bonds is 3. The number of halogens is 1. The van der Waals surface area contributed by atoms with Crippen LogP contribution < -0.4 is 0 Å². The van der Waals surface area contributed by atoms with Crippen LogP contribution in [0.25, 0.3) is 10.2 Å². The fourth-order valence-electron chi connectivity index (χ4n) is 3.64. The smallest absolute Gasteiger partial charge is 0.270 e. The summed E-state index contributed by atoms with van der Waals surface area (Å²) in [6.07, 6.45) is 3.33. The number of nitrogens with zero attached hydrogens (tertiary/aromatic N) is 2. The first-order chi connectivity index (χ1) is 12.1. The van der Waals surface area contributed by atoms with E-state index in [1.165, 1.54) is 18.6 Å². The minimum atomic E-state index is -0.240. The first-order valence-electron chi connectivity index (χ1n) is 8.75. The Kier molecular flexibility index (Phi) is 4.34. The van der Waals surface area contributed by atoms with Crippen LogP contribution in [0.15, 0.2) is 41.8 Å². The number of aromatic nitrogens is 1. The molecule has 130 valence electrons. The van der Waals surface area contributed by atoms with Crippen molar-refractivity contribution in [2.45, 2.75) is 38.8 Å². The van der Waals surface area contributed by atoms with Gasteiger partial charge in [0.15, 0.2) is 0 Å². The highest BCUT2D eigenvalue weighted by molar-refractivity contribution is 7.17. The second-order valence-electron chi connectivity index (χ2n) is 6.76. The molecule has 25 heavy (non-hydrogen) atoms. The van der Waals surface area contributed by atoms with Gasteiger partial charge in [-0.3, -0.25) is 4.79 Å². The predicted octanol–water partition coefficient (Wildman–Crippen LogP) is 4.90. The Morgan fingerprint density at radius 2 is 2.04 bits per heavy atom. The highest BCUT2D eigenvalue weighted by Crippen LogP contribution is 2.28. The molecule has 1 aromatic carbocycles. The minimum Gasteiger partial charge on any atom is -0.335 e. The lowest BCUT2D eigenvalue weighted by molar-refractivity contribution is 0.0625. The summed E-state index contributed by atoms with van der Waals surface area (Å²) in [7, 11) is 0. The van der Waals surface area contributed by atoms with Crippen LogP contribution >= 0.6 is 11.3 Å². The monoisotopic (exact) mass is 356 g/mol. The molecule has 3 nitrogen and oxygen atoms in total. The van der Waals surface area contributed by atoms with Crippen LogP contribution in [0.3, 0.4) is 0 Å². The van der Waals surface area contributed by atoms with E-state index in [2.05, 4.69) is 17.6 Å². The Bertz CT molecular complexity index is 896. The van der Waals surface area contributed by atoms with Gasteiger partial charge in [0.05, 0.1) is 10.2 Å². The Balaban J connectivity index is 1.72. The number of hydrogen-bond acceptors (Lipinski definition) is 2. The molecule has 1 fully saturated rings. The molecule has 0 aliphatic carbocycles. The Hall–Kier alpha value is -2.14. The van der Waals surface area contributed by atoms with E-state index in [0.717, 1.165) is 40.9 Å². The van der Waals surface area contributed by atoms with Gasteiger partial charge in [-0.2, -0.15) is 0 Å². The van der Waals surface area contributed by atoms with Crippen molar-refractivity contribution in [3.05, 3.63) is 58.9 Å². The molecule has 0 radical (unpaired) electrons. The lowest BCUT2D eigenvalue weighted by Gasteiger charge is -2.33. The van der Waals surface area contributed by atoms with Gasteiger partial charge >= 0.3 is 0 Å². The summed E-state index contributed by atoms with van der Waals surface area (Å²) in [6, 6.07) is 10.9. The minimum absolute atomic E-state index is 0.109. The second kappa shape index (κ2) is 6.64. The molecule has 3 aromatic rings. The van der Waals surface area contributed by atoms with Gasteiger partial charge in [-0.1, -0.05) is 12.1 Å². The van der Waals surface area contributed by atoms with Gasteiger partial charge in [0.2, 0.25) is 0 Å². The van der Waals surface area contributed by atoms with Crippen LogP contribution in [0, 0.1) is 5.82 Å². The molecule has 0 saturated carbocycles. The van der Waals surface area contributed by atoms with Crippen LogP contribution in [0.2, 0.25) is 0 Å². The van der Waals surface area contributed by atoms with E-state index in [-0.39, 0.29) is 17.8 Å².